The van der Waals surface area contributed by atoms with Crippen molar-refractivity contribution in [1.29, 1.82) is 0 Å². The summed E-state index contributed by atoms with van der Waals surface area (Å²) in [5.41, 5.74) is 10.0. The van der Waals surface area contributed by atoms with Gasteiger partial charge in [0.1, 0.15) is 18.5 Å². The number of esters is 1. The van der Waals surface area contributed by atoms with Gasteiger partial charge >= 0.3 is 5.97 Å². The lowest BCUT2D eigenvalue weighted by Gasteiger charge is -2.40. The number of ether oxygens (including phenoxy) is 6. The summed E-state index contributed by atoms with van der Waals surface area (Å²) in [6.45, 7) is 56.4. The molecule has 0 spiro atoms. The second-order valence-corrected chi connectivity index (χ2v) is 39.8. The van der Waals surface area contributed by atoms with Gasteiger partial charge in [-0.15, -0.1) is 77.1 Å². The standard InChI is InChI=1S/C20H18Cl2N6O3S.C19H17Cl2N5OS.C18H14Cl2N4OS.C17H13Cl2N5OS.C16H12Cl2N6OS/c1-11(29)30-7-5-13-10-28(6-8-31-13)20-17(23-2)16(14-4-3-12(21)9-15(14)22)18(32-20)19-24-26-27-25-19;1-10-7-27-8-11(2)26(10)19-16(22-3)15(13-5-4-12(20)6-14(13)21)17(28-19)18-23-9-24-25-18;1-21-15-14(12-3-2-11(19)10-13(12)20)16(17-22-4-5-23-17)26-18(15)24-6-8-25-9-7-24;1-20-14-13(11-3-2-10(18)8-12(11)19)15(16-21-9-22-23-16)26-17(14)24-4-6-25-7-5-24;1-19-13-12(10-3-2-9(17)8-11(10)18)14(15-20-22-23-21-15)26-16(13)24-4-6-25-7-5-24/h3-4,9,13H,5-8,10H2,1H3,(H,24,25,26,27);4-6,9-11H,7-8H2,1-2H3,(H,23,24,25);2-5,10H,6-9H2,(H,22,23);2-3,8-9H,4-7H2,(H,21,22,23);2-3,8H,4-7H2,(H,20,21,22,23)/t;10-,11+;;;. The molecule has 0 amide bonds. The molecular weight excluding hydrogens is 2070 g/mol. The lowest BCUT2D eigenvalue weighted by molar-refractivity contribution is -0.141. The molecule has 33 nitrogen and oxygen atoms in total. The summed E-state index contributed by atoms with van der Waals surface area (Å²) in [4.78, 5) is 61.3. The molecule has 0 radical (unpaired) electrons. The van der Waals surface area contributed by atoms with Crippen molar-refractivity contribution in [2.24, 2.45) is 0 Å². The molecule has 5 aliphatic rings. The number of morpholine rings is 5. The summed E-state index contributed by atoms with van der Waals surface area (Å²) >= 11 is 70.2. The second kappa shape index (κ2) is 46.3. The third-order valence-electron chi connectivity index (χ3n) is 21.9. The van der Waals surface area contributed by atoms with Gasteiger partial charge in [-0.3, -0.25) is 15.0 Å². The van der Waals surface area contributed by atoms with Crippen LogP contribution in [0.5, 0.6) is 0 Å². The van der Waals surface area contributed by atoms with E-state index < -0.39 is 0 Å². The van der Waals surface area contributed by atoms with Gasteiger partial charge in [0, 0.05) is 168 Å². The number of hydrogen-bond acceptors (Lipinski definition) is 28. The number of H-pyrrole nitrogens is 5. The Morgan fingerprint density at radius 1 is 0.435 bits per heavy atom. The zero-order chi connectivity index (χ0) is 96.8. The van der Waals surface area contributed by atoms with Crippen molar-refractivity contribution < 1.29 is 33.2 Å². The molecule has 20 rings (SSSR count). The number of halogens is 10. The summed E-state index contributed by atoms with van der Waals surface area (Å²) in [6, 6.07) is 26.6. The molecule has 138 heavy (non-hydrogen) atoms. The van der Waals surface area contributed by atoms with Gasteiger partial charge in [0.15, 0.2) is 11.6 Å². The van der Waals surface area contributed by atoms with Gasteiger partial charge in [-0.25, -0.2) is 39.2 Å². The number of benzene rings is 5. The Hall–Kier alpha value is -11.2. The SMILES string of the molecule is [C-]#[N+]c1c(N2CCOC(CCOC(C)=O)C2)sc(-c2nn[nH]n2)c1-c1ccc(Cl)cc1Cl.[C-]#[N+]c1c(N2CCOCC2)sc(-c2ncc[nH]2)c1-c1ccc(Cl)cc1Cl.[C-]#[N+]c1c(N2CCOCC2)sc(-c2ncn[nH]2)c1-c1ccc(Cl)cc1Cl.[C-]#[N+]c1c(N2CCOCC2)sc(-c2nn[nH]n2)c1-c1ccc(Cl)cc1Cl.[C-]#[N+]c1c(N2[C@H](C)COC[C@@H]2C)sc(-c2ncn[nH]2)c1-c1ccc(Cl)cc1Cl. The number of hydrogen-bond donors (Lipinski definition) is 5. The fraction of sp³-hybridized carbons (Fsp3) is 0.278. The quantitative estimate of drug-likeness (QED) is 0.0393. The average Bonchev–Trinajstić information content (AvgIpc) is 1.58. The first-order valence-electron chi connectivity index (χ1n) is 42.1. The highest BCUT2D eigenvalue weighted by molar-refractivity contribution is 7.22. The Bertz CT molecular complexity index is 6660. The second-order valence-electron chi connectivity index (χ2n) is 30.6. The number of rotatable bonds is 18. The van der Waals surface area contributed by atoms with Crippen molar-refractivity contribution in [2.75, 3.05) is 143 Å². The summed E-state index contributed by atoms with van der Waals surface area (Å²) < 4.78 is 32.9. The van der Waals surface area contributed by atoms with E-state index in [1.807, 2.05) is 24.3 Å². The zero-order valence-corrected chi connectivity index (χ0v) is 84.3. The zero-order valence-electron chi connectivity index (χ0n) is 72.7. The van der Waals surface area contributed by atoms with Gasteiger partial charge in [-0.1, -0.05) is 146 Å². The Morgan fingerprint density at radius 2 is 0.768 bits per heavy atom. The maximum atomic E-state index is 11.0. The van der Waals surface area contributed by atoms with Crippen LogP contribution in [0.1, 0.15) is 27.2 Å². The van der Waals surface area contributed by atoms with Gasteiger partial charge in [0.2, 0.25) is 40.1 Å². The molecule has 10 aromatic heterocycles. The highest BCUT2D eigenvalue weighted by Crippen LogP contribution is 2.60. The molecule has 5 fully saturated rings. The van der Waals surface area contributed by atoms with Crippen LogP contribution in [-0.2, 0) is 33.2 Å². The van der Waals surface area contributed by atoms with Crippen LogP contribution in [0.25, 0.3) is 133 Å². The lowest BCUT2D eigenvalue weighted by atomic mass is 10.0. The Balaban J connectivity index is 0.000000125. The molecule has 5 aliphatic heterocycles. The predicted octanol–water partition coefficient (Wildman–Crippen LogP) is 25.0. The molecule has 706 valence electrons. The molecule has 5 N–H and O–H groups in total. The minimum absolute atomic E-state index is 0.125. The van der Waals surface area contributed by atoms with E-state index in [-0.39, 0.29) is 30.8 Å². The highest BCUT2D eigenvalue weighted by Gasteiger charge is 2.38. The maximum absolute atomic E-state index is 11.0. The van der Waals surface area contributed by atoms with Crippen LogP contribution in [0.4, 0.5) is 53.4 Å². The van der Waals surface area contributed by atoms with Gasteiger partial charge in [0.25, 0.3) is 0 Å². The van der Waals surface area contributed by atoms with Gasteiger partial charge in [-0.2, -0.15) is 20.6 Å². The van der Waals surface area contributed by atoms with Crippen molar-refractivity contribution in [3.05, 3.63) is 223 Å². The number of imidazole rings is 1. The first kappa shape index (κ1) is 99.8. The van der Waals surface area contributed by atoms with Crippen LogP contribution < -0.4 is 24.5 Å². The average molecular weight is 2150 g/mol. The summed E-state index contributed by atoms with van der Waals surface area (Å²) in [5, 5.41) is 51.9. The molecule has 15 aromatic rings. The molecule has 0 aliphatic carbocycles. The van der Waals surface area contributed by atoms with E-state index in [1.165, 1.54) is 64.9 Å². The molecule has 0 saturated carbocycles. The van der Waals surface area contributed by atoms with E-state index in [1.54, 1.807) is 90.5 Å². The maximum Gasteiger partial charge on any atom is 0.302 e. The van der Waals surface area contributed by atoms with E-state index >= 15 is 0 Å². The van der Waals surface area contributed by atoms with Crippen LogP contribution in [0.3, 0.4) is 0 Å². The molecule has 3 atom stereocenters. The number of nitrogens with one attached hydrogen (secondary N) is 5. The smallest absolute Gasteiger partial charge is 0.302 e. The highest BCUT2D eigenvalue weighted by atomic mass is 35.5. The summed E-state index contributed by atoms with van der Waals surface area (Å²) in [5.74, 6) is 2.43. The largest absolute Gasteiger partial charge is 0.466 e. The van der Waals surface area contributed by atoms with Crippen molar-refractivity contribution in [2.45, 2.75) is 45.4 Å². The van der Waals surface area contributed by atoms with E-state index in [4.69, 9.17) is 177 Å². The topological polar surface area (TPSA) is 331 Å². The van der Waals surface area contributed by atoms with Crippen LogP contribution in [-0.4, -0.2) is 224 Å². The van der Waals surface area contributed by atoms with Crippen molar-refractivity contribution in [1.82, 2.24) is 81.6 Å². The number of tetrazole rings is 2. The number of carbonyl (C=O) groups is 1. The minimum atomic E-state index is -0.319. The number of aromatic nitrogens is 16. The van der Waals surface area contributed by atoms with E-state index in [0.29, 0.717) is 203 Å². The number of aromatic amines is 5. The third-order valence-corrected chi connectivity index (χ3v) is 30.8. The van der Waals surface area contributed by atoms with Crippen LogP contribution in [0, 0.1) is 32.9 Å². The molecular formula is C90H74Cl10N26O7S5. The van der Waals surface area contributed by atoms with Crippen LogP contribution in [0.2, 0.25) is 50.2 Å². The molecule has 5 saturated heterocycles. The van der Waals surface area contributed by atoms with Gasteiger partial charge in [0.05, 0.1) is 154 Å². The lowest BCUT2D eigenvalue weighted by Crippen LogP contribution is -2.49. The van der Waals surface area contributed by atoms with E-state index in [9.17, 15) is 4.79 Å². The summed E-state index contributed by atoms with van der Waals surface area (Å²) in [7, 11) is 0. The number of thiophene rings is 5. The van der Waals surface area contributed by atoms with E-state index in [0.717, 1.165) is 129 Å². The fourth-order valence-electron chi connectivity index (χ4n) is 15.8. The van der Waals surface area contributed by atoms with E-state index in [2.05, 4.69) is 144 Å². The fourth-order valence-corrected chi connectivity index (χ4v) is 24.7. The normalized spacial score (nSPS) is 15.9. The van der Waals surface area contributed by atoms with Crippen molar-refractivity contribution >= 4 is 232 Å². The Kier molecular flexibility index (Phi) is 33.5. The molecule has 15 heterocycles. The van der Waals surface area contributed by atoms with Gasteiger partial charge < -0.3 is 57.9 Å². The van der Waals surface area contributed by atoms with Crippen molar-refractivity contribution in [3.63, 3.8) is 0 Å². The number of anilines is 5. The first-order valence-corrected chi connectivity index (χ1v) is 49.9. The third kappa shape index (κ3) is 22.3. The van der Waals surface area contributed by atoms with Gasteiger partial charge in [-0.05, 0) is 113 Å². The Morgan fingerprint density at radius 3 is 1.09 bits per heavy atom. The summed E-state index contributed by atoms with van der Waals surface area (Å²) in [6.07, 6.45) is 6.83. The predicted molar refractivity (Wildman–Crippen MR) is 549 cm³/mol. The first-order chi connectivity index (χ1) is 67.0. The molecule has 5 aromatic carbocycles. The number of nitrogens with zero attached hydrogens (tertiary/aromatic N) is 21. The van der Waals surface area contributed by atoms with Crippen molar-refractivity contribution in [3.8, 4) is 109 Å². The van der Waals surface area contributed by atoms with Crippen LogP contribution >= 0.6 is 173 Å². The molecule has 0 bridgehead atoms. The molecule has 48 heteroatoms. The molecule has 1 unspecified atom stereocenters. The minimum Gasteiger partial charge on any atom is -0.466 e. The number of carbonyl (C=O) groups excluding carboxylic acids is 1. The van der Waals surface area contributed by atoms with Crippen LogP contribution in [0.15, 0.2) is 116 Å². The monoisotopic (exact) mass is 2140 g/mol. The Labute approximate surface area is 860 Å².